The van der Waals surface area contributed by atoms with Crippen molar-refractivity contribution in [2.24, 2.45) is 0 Å². The second-order valence-corrected chi connectivity index (χ2v) is 3.61. The van der Waals surface area contributed by atoms with E-state index in [4.69, 9.17) is 10.5 Å². The third-order valence-electron chi connectivity index (χ3n) is 1.88. The molecule has 3 nitrogen and oxygen atoms in total. The van der Waals surface area contributed by atoms with E-state index in [9.17, 15) is 0 Å². The van der Waals surface area contributed by atoms with Crippen molar-refractivity contribution in [3.63, 3.8) is 0 Å². The molecule has 1 fully saturated rings. The molecule has 1 rings (SSSR count). The van der Waals surface area contributed by atoms with Gasteiger partial charge in [0.05, 0.1) is 16.8 Å². The molecule has 1 aliphatic rings. The molecule has 0 aliphatic carbocycles. The van der Waals surface area contributed by atoms with Crippen molar-refractivity contribution in [3.05, 3.63) is 10.2 Å². The van der Waals surface area contributed by atoms with E-state index in [2.05, 4.69) is 21.2 Å². The Labute approximate surface area is 80.5 Å². The summed E-state index contributed by atoms with van der Waals surface area (Å²) in [6.07, 6.45) is 3.33. The molecule has 4 heteroatoms. The van der Waals surface area contributed by atoms with Crippen LogP contribution in [0.4, 0.5) is 0 Å². The highest BCUT2D eigenvalue weighted by Crippen LogP contribution is 2.19. The first-order valence-corrected chi connectivity index (χ1v) is 4.86. The van der Waals surface area contributed by atoms with Crippen molar-refractivity contribution in [1.29, 1.82) is 5.41 Å². The summed E-state index contributed by atoms with van der Waals surface area (Å²) in [5, 5.41) is 19.3. The van der Waals surface area contributed by atoms with E-state index in [1.807, 2.05) is 0 Å². The molecule has 1 aliphatic heterocycles. The summed E-state index contributed by atoms with van der Waals surface area (Å²) in [5.41, 5.74) is 1.31. The molecule has 0 saturated carbocycles. The number of allylic oxidation sites excluding steroid dienone is 1. The van der Waals surface area contributed by atoms with E-state index in [0.717, 1.165) is 29.6 Å². The number of rotatable bonds is 2. The number of aliphatic hydroxyl groups is 1. The lowest BCUT2D eigenvalue weighted by molar-refractivity contribution is 0.357. The van der Waals surface area contributed by atoms with Crippen LogP contribution in [0.15, 0.2) is 10.2 Å². The van der Waals surface area contributed by atoms with Gasteiger partial charge in [-0.25, -0.2) is 0 Å². The average molecular weight is 233 g/mol. The second-order valence-electron chi connectivity index (χ2n) is 2.81. The number of piperidine rings is 1. The van der Waals surface area contributed by atoms with Gasteiger partial charge in [0, 0.05) is 12.2 Å². The fourth-order valence-corrected chi connectivity index (χ4v) is 1.66. The predicted molar refractivity (Wildman–Crippen MR) is 52.6 cm³/mol. The number of halogens is 1. The molecule has 0 aromatic heterocycles. The maximum atomic E-state index is 8.72. The Bertz CT molecular complexity index is 205. The Morgan fingerprint density at radius 3 is 2.83 bits per heavy atom. The standard InChI is InChI=1S/C8H13BrN2O/c9-8(6(10)5-12)7-3-1-2-4-11-7/h10-12H,1-5H2/b8-7+,10-6?. The predicted octanol–water partition coefficient (Wildman–Crippen LogP) is 1.38. The Balaban J connectivity index is 2.66. The topological polar surface area (TPSA) is 56.1 Å². The smallest absolute Gasteiger partial charge is 0.0858 e. The number of aliphatic hydroxyl groups excluding tert-OH is 1. The van der Waals surface area contributed by atoms with Gasteiger partial charge >= 0.3 is 0 Å². The summed E-state index contributed by atoms with van der Waals surface area (Å²) in [5.74, 6) is 0. The SMILES string of the molecule is N=C(CO)/C(Br)=C1/CCCCN1. The van der Waals surface area contributed by atoms with Crippen LogP contribution in [-0.2, 0) is 0 Å². The number of hydrogen-bond donors (Lipinski definition) is 3. The van der Waals surface area contributed by atoms with Gasteiger partial charge in [-0.05, 0) is 35.2 Å². The lowest BCUT2D eigenvalue weighted by Gasteiger charge is -2.18. The van der Waals surface area contributed by atoms with E-state index in [1.165, 1.54) is 6.42 Å². The molecule has 68 valence electrons. The van der Waals surface area contributed by atoms with Crippen molar-refractivity contribution in [2.45, 2.75) is 19.3 Å². The van der Waals surface area contributed by atoms with Gasteiger partial charge in [-0.2, -0.15) is 0 Å². The molecular weight excluding hydrogens is 220 g/mol. The van der Waals surface area contributed by atoms with Gasteiger partial charge in [0.1, 0.15) is 0 Å². The molecule has 1 heterocycles. The van der Waals surface area contributed by atoms with Crippen LogP contribution in [0.3, 0.4) is 0 Å². The molecule has 0 bridgehead atoms. The van der Waals surface area contributed by atoms with Crippen LogP contribution in [0.1, 0.15) is 19.3 Å². The van der Waals surface area contributed by atoms with E-state index >= 15 is 0 Å². The largest absolute Gasteiger partial charge is 0.390 e. The summed E-state index contributed by atoms with van der Waals surface area (Å²) in [6.45, 7) is 0.773. The second kappa shape index (κ2) is 4.62. The van der Waals surface area contributed by atoms with Crippen LogP contribution in [0.5, 0.6) is 0 Å². The minimum atomic E-state index is -0.203. The Morgan fingerprint density at radius 1 is 1.58 bits per heavy atom. The summed E-state index contributed by atoms with van der Waals surface area (Å²) >= 11 is 3.30. The van der Waals surface area contributed by atoms with Crippen LogP contribution in [0.2, 0.25) is 0 Å². The van der Waals surface area contributed by atoms with Crippen molar-refractivity contribution >= 4 is 21.6 Å². The van der Waals surface area contributed by atoms with Crippen molar-refractivity contribution in [2.75, 3.05) is 13.2 Å². The summed E-state index contributed by atoms with van der Waals surface area (Å²) in [4.78, 5) is 0. The highest BCUT2D eigenvalue weighted by molar-refractivity contribution is 9.12. The van der Waals surface area contributed by atoms with E-state index < -0.39 is 0 Å². The van der Waals surface area contributed by atoms with Gasteiger partial charge in [0.2, 0.25) is 0 Å². The fraction of sp³-hybridized carbons (Fsp3) is 0.625. The zero-order valence-electron chi connectivity index (χ0n) is 6.86. The number of nitrogens with one attached hydrogen (secondary N) is 2. The first-order valence-electron chi connectivity index (χ1n) is 4.07. The van der Waals surface area contributed by atoms with Gasteiger partial charge in [0.25, 0.3) is 0 Å². The van der Waals surface area contributed by atoms with Gasteiger partial charge in [0.15, 0.2) is 0 Å². The van der Waals surface area contributed by atoms with Crippen LogP contribution < -0.4 is 5.32 Å². The maximum absolute atomic E-state index is 8.72. The van der Waals surface area contributed by atoms with Crippen molar-refractivity contribution in [3.8, 4) is 0 Å². The third kappa shape index (κ3) is 2.32. The average Bonchev–Trinajstić information content (AvgIpc) is 2.17. The van der Waals surface area contributed by atoms with Crippen LogP contribution in [-0.4, -0.2) is 24.0 Å². The molecule has 12 heavy (non-hydrogen) atoms. The molecule has 0 atom stereocenters. The minimum absolute atomic E-state index is 0.203. The molecule has 0 aromatic rings. The summed E-state index contributed by atoms with van der Waals surface area (Å²) < 4.78 is 0.727. The van der Waals surface area contributed by atoms with E-state index in [0.29, 0.717) is 0 Å². The Kier molecular flexibility index (Phi) is 3.75. The first kappa shape index (κ1) is 9.74. The molecular formula is C8H13BrN2O. The normalized spacial score (nSPS) is 21.5. The van der Waals surface area contributed by atoms with Gasteiger partial charge < -0.3 is 15.8 Å². The number of hydrogen-bond acceptors (Lipinski definition) is 3. The quantitative estimate of drug-likeness (QED) is 0.631. The molecule has 0 aromatic carbocycles. The molecule has 1 saturated heterocycles. The van der Waals surface area contributed by atoms with E-state index in [-0.39, 0.29) is 12.3 Å². The van der Waals surface area contributed by atoms with Crippen molar-refractivity contribution < 1.29 is 5.11 Å². The lowest BCUT2D eigenvalue weighted by atomic mass is 10.1. The van der Waals surface area contributed by atoms with Gasteiger partial charge in [-0.15, -0.1) is 0 Å². The molecule has 0 amide bonds. The fourth-order valence-electron chi connectivity index (χ4n) is 1.19. The van der Waals surface area contributed by atoms with Gasteiger partial charge in [-0.3, -0.25) is 0 Å². The van der Waals surface area contributed by atoms with Crippen LogP contribution in [0, 0.1) is 5.41 Å². The van der Waals surface area contributed by atoms with Crippen LogP contribution >= 0.6 is 15.9 Å². The van der Waals surface area contributed by atoms with Gasteiger partial charge in [-0.1, -0.05) is 0 Å². The lowest BCUT2D eigenvalue weighted by Crippen LogP contribution is -2.22. The zero-order valence-corrected chi connectivity index (χ0v) is 8.45. The molecule has 0 radical (unpaired) electrons. The third-order valence-corrected chi connectivity index (χ3v) is 2.84. The summed E-state index contributed by atoms with van der Waals surface area (Å²) in [6, 6.07) is 0. The summed E-state index contributed by atoms with van der Waals surface area (Å²) in [7, 11) is 0. The zero-order chi connectivity index (χ0) is 8.97. The molecule has 0 unspecified atom stereocenters. The highest BCUT2D eigenvalue weighted by atomic mass is 79.9. The van der Waals surface area contributed by atoms with Crippen LogP contribution in [0.25, 0.3) is 0 Å². The highest BCUT2D eigenvalue weighted by Gasteiger charge is 2.11. The molecule has 3 N–H and O–H groups in total. The Hall–Kier alpha value is -0.350. The minimum Gasteiger partial charge on any atom is -0.390 e. The van der Waals surface area contributed by atoms with Crippen molar-refractivity contribution in [1.82, 2.24) is 5.32 Å². The van der Waals surface area contributed by atoms with E-state index in [1.54, 1.807) is 0 Å². The first-order chi connectivity index (χ1) is 5.75. The monoisotopic (exact) mass is 232 g/mol. The molecule has 0 spiro atoms. The maximum Gasteiger partial charge on any atom is 0.0858 e. The Morgan fingerprint density at radius 2 is 2.33 bits per heavy atom.